The maximum absolute atomic E-state index is 12.2. The third-order valence-electron chi connectivity index (χ3n) is 3.22. The second-order valence-electron chi connectivity index (χ2n) is 5.03. The Balaban J connectivity index is 1.76. The SMILES string of the molecule is CC1CN(C(=O)CSCc2ccccc2)CC(CO)O1. The van der Waals surface area contributed by atoms with Crippen molar-refractivity contribution in [2.45, 2.75) is 24.9 Å². The molecule has 0 aliphatic carbocycles. The number of ether oxygens (including phenoxy) is 1. The first-order valence-electron chi connectivity index (χ1n) is 6.85. The van der Waals surface area contributed by atoms with Crippen LogP contribution >= 0.6 is 11.8 Å². The van der Waals surface area contributed by atoms with Crippen LogP contribution in [0.2, 0.25) is 0 Å². The van der Waals surface area contributed by atoms with E-state index >= 15 is 0 Å². The molecule has 1 heterocycles. The highest BCUT2D eigenvalue weighted by molar-refractivity contribution is 7.99. The number of morpholine rings is 1. The van der Waals surface area contributed by atoms with Crippen molar-refractivity contribution in [2.24, 2.45) is 0 Å². The number of thioether (sulfide) groups is 1. The molecule has 1 N–H and O–H groups in total. The fourth-order valence-electron chi connectivity index (χ4n) is 2.27. The summed E-state index contributed by atoms with van der Waals surface area (Å²) in [7, 11) is 0. The second-order valence-corrected chi connectivity index (χ2v) is 6.01. The lowest BCUT2D eigenvalue weighted by Crippen LogP contribution is -2.50. The molecule has 20 heavy (non-hydrogen) atoms. The van der Waals surface area contributed by atoms with Gasteiger partial charge in [-0.3, -0.25) is 4.79 Å². The molecule has 4 nitrogen and oxygen atoms in total. The van der Waals surface area contributed by atoms with Crippen molar-refractivity contribution in [3.8, 4) is 0 Å². The van der Waals surface area contributed by atoms with Crippen molar-refractivity contribution in [2.75, 3.05) is 25.4 Å². The molecule has 2 rings (SSSR count). The number of aliphatic hydroxyl groups excluding tert-OH is 1. The van der Waals surface area contributed by atoms with Crippen LogP contribution in [0.25, 0.3) is 0 Å². The summed E-state index contributed by atoms with van der Waals surface area (Å²) in [5.74, 6) is 1.44. The Hall–Kier alpha value is -1.04. The summed E-state index contributed by atoms with van der Waals surface area (Å²) in [5.41, 5.74) is 1.23. The molecular formula is C15H21NO3S. The summed E-state index contributed by atoms with van der Waals surface area (Å²) in [5, 5.41) is 9.16. The van der Waals surface area contributed by atoms with E-state index in [9.17, 15) is 4.79 Å². The number of hydrogen-bond donors (Lipinski definition) is 1. The van der Waals surface area contributed by atoms with E-state index in [1.165, 1.54) is 5.56 Å². The lowest BCUT2D eigenvalue weighted by atomic mass is 10.2. The first-order chi connectivity index (χ1) is 9.69. The molecule has 0 spiro atoms. The van der Waals surface area contributed by atoms with Gasteiger partial charge in [0.15, 0.2) is 0 Å². The van der Waals surface area contributed by atoms with Gasteiger partial charge in [0.25, 0.3) is 0 Å². The highest BCUT2D eigenvalue weighted by Gasteiger charge is 2.27. The van der Waals surface area contributed by atoms with Crippen LogP contribution in [0.4, 0.5) is 0 Å². The van der Waals surface area contributed by atoms with Crippen molar-refractivity contribution in [1.29, 1.82) is 0 Å². The van der Waals surface area contributed by atoms with Gasteiger partial charge in [0.2, 0.25) is 5.91 Å². The molecule has 2 unspecified atom stereocenters. The molecule has 1 saturated heterocycles. The molecule has 1 aliphatic heterocycles. The summed E-state index contributed by atoms with van der Waals surface area (Å²) < 4.78 is 5.54. The van der Waals surface area contributed by atoms with E-state index in [-0.39, 0.29) is 24.7 Å². The molecule has 1 fully saturated rings. The number of benzene rings is 1. The van der Waals surface area contributed by atoms with Crippen LogP contribution < -0.4 is 0 Å². The average Bonchev–Trinajstić information content (AvgIpc) is 2.47. The van der Waals surface area contributed by atoms with Gasteiger partial charge in [-0.05, 0) is 12.5 Å². The number of amides is 1. The lowest BCUT2D eigenvalue weighted by Gasteiger charge is -2.36. The van der Waals surface area contributed by atoms with Crippen molar-refractivity contribution in [1.82, 2.24) is 4.90 Å². The van der Waals surface area contributed by atoms with Crippen LogP contribution in [0.5, 0.6) is 0 Å². The van der Waals surface area contributed by atoms with Crippen molar-refractivity contribution in [3.05, 3.63) is 35.9 Å². The first kappa shape index (κ1) is 15.4. The fourth-order valence-corrected chi connectivity index (χ4v) is 3.16. The predicted octanol–water partition coefficient (Wildman–Crippen LogP) is 1.53. The van der Waals surface area contributed by atoms with E-state index in [1.807, 2.05) is 25.1 Å². The first-order valence-corrected chi connectivity index (χ1v) is 8.00. The van der Waals surface area contributed by atoms with E-state index in [4.69, 9.17) is 9.84 Å². The zero-order valence-corrected chi connectivity index (χ0v) is 12.5. The topological polar surface area (TPSA) is 49.8 Å². The smallest absolute Gasteiger partial charge is 0.232 e. The Labute approximate surface area is 124 Å². The summed E-state index contributed by atoms with van der Waals surface area (Å²) in [6, 6.07) is 10.1. The highest BCUT2D eigenvalue weighted by Crippen LogP contribution is 2.15. The van der Waals surface area contributed by atoms with Crippen LogP contribution in [0.15, 0.2) is 30.3 Å². The number of carbonyl (C=O) groups excluding carboxylic acids is 1. The van der Waals surface area contributed by atoms with E-state index in [0.717, 1.165) is 5.75 Å². The zero-order chi connectivity index (χ0) is 14.4. The molecule has 0 bridgehead atoms. The van der Waals surface area contributed by atoms with E-state index < -0.39 is 0 Å². The molecule has 2 atom stereocenters. The highest BCUT2D eigenvalue weighted by atomic mass is 32.2. The number of hydrogen-bond acceptors (Lipinski definition) is 4. The summed E-state index contributed by atoms with van der Waals surface area (Å²) >= 11 is 1.62. The average molecular weight is 295 g/mol. The van der Waals surface area contributed by atoms with Crippen LogP contribution in [0, 0.1) is 0 Å². The maximum Gasteiger partial charge on any atom is 0.232 e. The molecular weight excluding hydrogens is 274 g/mol. The zero-order valence-electron chi connectivity index (χ0n) is 11.7. The minimum absolute atomic E-state index is 0.0102. The van der Waals surface area contributed by atoms with Gasteiger partial charge in [0, 0.05) is 18.8 Å². The Morgan fingerprint density at radius 2 is 2.15 bits per heavy atom. The van der Waals surface area contributed by atoms with Gasteiger partial charge in [-0.15, -0.1) is 11.8 Å². The summed E-state index contributed by atoms with van der Waals surface area (Å²) in [6.45, 7) is 3.00. The fraction of sp³-hybridized carbons (Fsp3) is 0.533. The third kappa shape index (κ3) is 4.51. The molecule has 1 amide bonds. The van der Waals surface area contributed by atoms with E-state index in [2.05, 4.69) is 12.1 Å². The molecule has 5 heteroatoms. The molecule has 0 saturated carbocycles. The molecule has 0 radical (unpaired) electrons. The third-order valence-corrected chi connectivity index (χ3v) is 4.21. The van der Waals surface area contributed by atoms with Gasteiger partial charge in [0.05, 0.1) is 24.6 Å². The standard InChI is InChI=1S/C15H21NO3S/c1-12-7-16(8-14(9-17)19-12)15(18)11-20-10-13-5-3-2-4-6-13/h2-6,12,14,17H,7-11H2,1H3. The van der Waals surface area contributed by atoms with Gasteiger partial charge >= 0.3 is 0 Å². The van der Waals surface area contributed by atoms with Crippen molar-refractivity contribution >= 4 is 17.7 Å². The van der Waals surface area contributed by atoms with Crippen LogP contribution in [0.3, 0.4) is 0 Å². The molecule has 110 valence electrons. The number of rotatable bonds is 5. The maximum atomic E-state index is 12.2. The minimum atomic E-state index is -0.248. The molecule has 0 aromatic heterocycles. The van der Waals surface area contributed by atoms with Crippen LogP contribution in [-0.4, -0.2) is 53.6 Å². The molecule has 1 aromatic rings. The second kappa shape index (κ2) is 7.67. The minimum Gasteiger partial charge on any atom is -0.394 e. The number of carbonyl (C=O) groups is 1. The van der Waals surface area contributed by atoms with E-state index in [0.29, 0.717) is 18.8 Å². The van der Waals surface area contributed by atoms with Gasteiger partial charge in [0.1, 0.15) is 0 Å². The van der Waals surface area contributed by atoms with Gasteiger partial charge < -0.3 is 14.7 Å². The normalized spacial score (nSPS) is 22.8. The Morgan fingerprint density at radius 3 is 2.85 bits per heavy atom. The molecule has 1 aliphatic rings. The Morgan fingerprint density at radius 1 is 1.40 bits per heavy atom. The number of nitrogens with zero attached hydrogens (tertiary/aromatic N) is 1. The summed E-state index contributed by atoms with van der Waals surface area (Å²) in [4.78, 5) is 14.0. The summed E-state index contributed by atoms with van der Waals surface area (Å²) in [6.07, 6.45) is -0.259. The van der Waals surface area contributed by atoms with Crippen molar-refractivity contribution < 1.29 is 14.6 Å². The van der Waals surface area contributed by atoms with Gasteiger partial charge in [-0.25, -0.2) is 0 Å². The quantitative estimate of drug-likeness (QED) is 0.895. The van der Waals surface area contributed by atoms with E-state index in [1.54, 1.807) is 16.7 Å². The van der Waals surface area contributed by atoms with Crippen molar-refractivity contribution in [3.63, 3.8) is 0 Å². The van der Waals surface area contributed by atoms with Gasteiger partial charge in [-0.1, -0.05) is 30.3 Å². The lowest BCUT2D eigenvalue weighted by molar-refractivity contribution is -0.144. The Kier molecular flexibility index (Phi) is 5.88. The monoisotopic (exact) mass is 295 g/mol. The largest absolute Gasteiger partial charge is 0.394 e. The molecule has 1 aromatic carbocycles. The van der Waals surface area contributed by atoms with Gasteiger partial charge in [-0.2, -0.15) is 0 Å². The number of aliphatic hydroxyl groups is 1. The predicted molar refractivity (Wildman–Crippen MR) is 80.6 cm³/mol. The van der Waals surface area contributed by atoms with Crippen LogP contribution in [-0.2, 0) is 15.3 Å². The Bertz CT molecular complexity index is 426. The van der Waals surface area contributed by atoms with Crippen LogP contribution in [0.1, 0.15) is 12.5 Å².